The first-order valence-electron chi connectivity index (χ1n) is 10.3. The van der Waals surface area contributed by atoms with Gasteiger partial charge in [-0.1, -0.05) is 0 Å². The van der Waals surface area contributed by atoms with E-state index < -0.39 is 23.6 Å². The van der Waals surface area contributed by atoms with E-state index in [-0.39, 0.29) is 24.9 Å². The Morgan fingerprint density at radius 2 is 1.97 bits per heavy atom. The van der Waals surface area contributed by atoms with Crippen LogP contribution in [0.1, 0.15) is 66.3 Å². The lowest BCUT2D eigenvalue weighted by Gasteiger charge is -2.36. The zero-order valence-electron chi connectivity index (χ0n) is 17.7. The van der Waals surface area contributed by atoms with Crippen LogP contribution in [0.25, 0.3) is 0 Å². The molecule has 2 aromatic rings. The molecule has 2 atom stereocenters. The molecular formula is C20H26F3N5O3. The van der Waals surface area contributed by atoms with Crippen molar-refractivity contribution in [3.8, 4) is 0 Å². The van der Waals surface area contributed by atoms with Gasteiger partial charge in [-0.3, -0.25) is 9.48 Å². The Morgan fingerprint density at radius 1 is 1.29 bits per heavy atom. The van der Waals surface area contributed by atoms with Crippen LogP contribution in [0, 0.1) is 0 Å². The molecule has 31 heavy (non-hydrogen) atoms. The Bertz CT molecular complexity index is 975. The number of hydrogen-bond acceptors (Lipinski definition) is 5. The Balaban J connectivity index is 1.58. The van der Waals surface area contributed by atoms with Crippen LogP contribution in [-0.4, -0.2) is 61.2 Å². The predicted molar refractivity (Wildman–Crippen MR) is 103 cm³/mol. The molecule has 2 aliphatic heterocycles. The standard InChI is InChI=1S/C20H26F3N5O3/c1-12-10-27(11-14-9-24-18(28(12)14)19(2,30)20(21,22)23)17(29)16-8-15(25-26(16)3)13-4-6-31-7-5-13/h8-9,12-13,30H,4-7,10-11H2,1-3H3/t12-,19?/m0/s1. The van der Waals surface area contributed by atoms with Crippen molar-refractivity contribution in [2.24, 2.45) is 7.05 Å². The maximum Gasteiger partial charge on any atom is 0.424 e. The second-order valence-electron chi connectivity index (χ2n) is 8.51. The first kappa shape index (κ1) is 21.8. The molecule has 0 aromatic carbocycles. The van der Waals surface area contributed by atoms with Gasteiger partial charge in [0.1, 0.15) is 5.69 Å². The largest absolute Gasteiger partial charge is 0.424 e. The number of aliphatic hydroxyl groups is 1. The van der Waals surface area contributed by atoms with E-state index in [1.54, 1.807) is 29.6 Å². The molecule has 1 unspecified atom stereocenters. The van der Waals surface area contributed by atoms with Crippen LogP contribution < -0.4 is 0 Å². The van der Waals surface area contributed by atoms with Gasteiger partial charge in [-0.25, -0.2) is 4.98 Å². The molecule has 0 aliphatic carbocycles. The zero-order valence-corrected chi connectivity index (χ0v) is 17.7. The summed E-state index contributed by atoms with van der Waals surface area (Å²) >= 11 is 0. The third-order valence-corrected chi connectivity index (χ3v) is 6.18. The molecule has 1 N–H and O–H groups in total. The lowest BCUT2D eigenvalue weighted by Crippen LogP contribution is -2.45. The van der Waals surface area contributed by atoms with Gasteiger partial charge in [0, 0.05) is 32.7 Å². The fourth-order valence-electron chi connectivity index (χ4n) is 4.35. The van der Waals surface area contributed by atoms with E-state index in [4.69, 9.17) is 4.74 Å². The third kappa shape index (κ3) is 3.73. The van der Waals surface area contributed by atoms with E-state index in [2.05, 4.69) is 10.1 Å². The molecule has 1 saturated heterocycles. The van der Waals surface area contributed by atoms with Gasteiger partial charge in [0.15, 0.2) is 5.82 Å². The minimum Gasteiger partial charge on any atom is -0.381 e. The number of imidazole rings is 1. The maximum absolute atomic E-state index is 13.3. The number of aromatic nitrogens is 4. The zero-order chi connectivity index (χ0) is 22.6. The normalized spacial score (nSPS) is 22.3. The van der Waals surface area contributed by atoms with Gasteiger partial charge < -0.3 is 19.3 Å². The summed E-state index contributed by atoms with van der Waals surface area (Å²) in [5.41, 5.74) is -1.35. The topological polar surface area (TPSA) is 85.4 Å². The number of halogens is 3. The number of carbonyl (C=O) groups excluding carboxylic acids is 1. The Kier molecular flexibility index (Phi) is 5.37. The summed E-state index contributed by atoms with van der Waals surface area (Å²) in [4.78, 5) is 18.7. The summed E-state index contributed by atoms with van der Waals surface area (Å²) in [6, 6.07) is 1.32. The monoisotopic (exact) mass is 441 g/mol. The van der Waals surface area contributed by atoms with Crippen LogP contribution in [0.2, 0.25) is 0 Å². The second kappa shape index (κ2) is 7.63. The molecule has 4 rings (SSSR count). The second-order valence-corrected chi connectivity index (χ2v) is 8.51. The van der Waals surface area contributed by atoms with Crippen LogP contribution in [0.5, 0.6) is 0 Å². The predicted octanol–water partition coefficient (Wildman–Crippen LogP) is 2.50. The van der Waals surface area contributed by atoms with E-state index >= 15 is 0 Å². The number of ether oxygens (including phenoxy) is 1. The van der Waals surface area contributed by atoms with Crippen molar-refractivity contribution in [3.05, 3.63) is 35.2 Å². The van der Waals surface area contributed by atoms with Crippen molar-refractivity contribution >= 4 is 5.91 Å². The first-order chi connectivity index (χ1) is 14.5. The summed E-state index contributed by atoms with van der Waals surface area (Å²) in [6.45, 7) is 4.03. The molecule has 8 nitrogen and oxygen atoms in total. The highest BCUT2D eigenvalue weighted by Gasteiger charge is 2.55. The van der Waals surface area contributed by atoms with E-state index in [0.29, 0.717) is 31.5 Å². The van der Waals surface area contributed by atoms with E-state index in [1.165, 1.54) is 10.8 Å². The smallest absolute Gasteiger partial charge is 0.381 e. The fourth-order valence-corrected chi connectivity index (χ4v) is 4.35. The molecule has 0 bridgehead atoms. The Labute approximate surface area is 177 Å². The van der Waals surface area contributed by atoms with E-state index in [0.717, 1.165) is 18.5 Å². The number of hydrogen-bond donors (Lipinski definition) is 1. The van der Waals surface area contributed by atoms with Gasteiger partial charge in [0.2, 0.25) is 5.60 Å². The number of aryl methyl sites for hydroxylation is 1. The lowest BCUT2D eigenvalue weighted by molar-refractivity contribution is -0.263. The number of fused-ring (bicyclic) bond motifs is 1. The van der Waals surface area contributed by atoms with Crippen LogP contribution in [-0.2, 0) is 23.9 Å². The molecule has 0 radical (unpaired) electrons. The van der Waals surface area contributed by atoms with Gasteiger partial charge in [-0.15, -0.1) is 0 Å². The van der Waals surface area contributed by atoms with Crippen molar-refractivity contribution in [3.63, 3.8) is 0 Å². The molecule has 1 amide bonds. The molecule has 1 fully saturated rings. The lowest BCUT2D eigenvalue weighted by atomic mass is 9.96. The van der Waals surface area contributed by atoms with Crippen LogP contribution in [0.4, 0.5) is 13.2 Å². The SMILES string of the molecule is C[C@H]1CN(C(=O)c2cc(C3CCOCC3)nn2C)Cc2cnc(C(C)(O)C(F)(F)F)n21. The fraction of sp³-hybridized carbons (Fsp3) is 0.650. The average molecular weight is 441 g/mol. The molecule has 4 heterocycles. The van der Waals surface area contributed by atoms with Crippen molar-refractivity contribution in [1.29, 1.82) is 0 Å². The molecule has 11 heteroatoms. The third-order valence-electron chi connectivity index (χ3n) is 6.18. The quantitative estimate of drug-likeness (QED) is 0.791. The highest BCUT2D eigenvalue weighted by Crippen LogP contribution is 2.40. The molecular weight excluding hydrogens is 415 g/mol. The number of alkyl halides is 3. The number of carbonyl (C=O) groups is 1. The molecule has 170 valence electrons. The summed E-state index contributed by atoms with van der Waals surface area (Å²) in [6.07, 6.45) is -1.86. The van der Waals surface area contributed by atoms with Crippen LogP contribution in [0.15, 0.2) is 12.3 Å². The van der Waals surface area contributed by atoms with Crippen molar-refractivity contribution in [1.82, 2.24) is 24.2 Å². The van der Waals surface area contributed by atoms with Gasteiger partial charge in [-0.05, 0) is 32.8 Å². The Hall–Kier alpha value is -2.40. The molecule has 2 aromatic heterocycles. The number of rotatable bonds is 3. The molecule has 0 spiro atoms. The summed E-state index contributed by atoms with van der Waals surface area (Å²) in [5, 5.41) is 14.6. The van der Waals surface area contributed by atoms with E-state index in [9.17, 15) is 23.1 Å². The number of amides is 1. The summed E-state index contributed by atoms with van der Waals surface area (Å²) in [5.74, 6) is -0.455. The van der Waals surface area contributed by atoms with Gasteiger partial charge in [-0.2, -0.15) is 18.3 Å². The van der Waals surface area contributed by atoms with Gasteiger partial charge in [0.05, 0.1) is 30.2 Å². The highest BCUT2D eigenvalue weighted by molar-refractivity contribution is 5.92. The summed E-state index contributed by atoms with van der Waals surface area (Å²) in [7, 11) is 1.71. The maximum atomic E-state index is 13.3. The highest BCUT2D eigenvalue weighted by atomic mass is 19.4. The van der Waals surface area contributed by atoms with Gasteiger partial charge in [0.25, 0.3) is 5.91 Å². The van der Waals surface area contributed by atoms with Gasteiger partial charge >= 0.3 is 6.18 Å². The molecule has 0 saturated carbocycles. The minimum atomic E-state index is -4.86. The minimum absolute atomic E-state index is 0.0991. The van der Waals surface area contributed by atoms with Crippen LogP contribution >= 0.6 is 0 Å². The summed E-state index contributed by atoms with van der Waals surface area (Å²) < 4.78 is 48.3. The number of nitrogens with zero attached hydrogens (tertiary/aromatic N) is 5. The first-order valence-corrected chi connectivity index (χ1v) is 10.3. The average Bonchev–Trinajstić information content (AvgIpc) is 3.31. The van der Waals surface area contributed by atoms with E-state index in [1.807, 2.05) is 0 Å². The van der Waals surface area contributed by atoms with Crippen molar-refractivity contribution in [2.75, 3.05) is 19.8 Å². The van der Waals surface area contributed by atoms with Crippen molar-refractivity contribution in [2.45, 2.75) is 57.0 Å². The molecule has 2 aliphatic rings. The Morgan fingerprint density at radius 3 is 2.61 bits per heavy atom. The van der Waals surface area contributed by atoms with Crippen molar-refractivity contribution < 1.29 is 27.8 Å². The van der Waals surface area contributed by atoms with Crippen LogP contribution in [0.3, 0.4) is 0 Å².